The average Bonchev–Trinajstić information content (AvgIpc) is 2.71. The minimum Gasteiger partial charge on any atom is -0.311 e. The standard InChI is InChI=1S/C11H15BrN2S/c12-11-3-1-2-10(14-11)7-13-6-9-4-5-15-8-9/h1-3,9,13H,4-8H2. The fourth-order valence-electron chi connectivity index (χ4n) is 1.70. The molecule has 15 heavy (non-hydrogen) atoms. The third-order valence-corrected chi connectivity index (χ3v) is 4.21. The maximum atomic E-state index is 4.39. The number of rotatable bonds is 4. The highest BCUT2D eigenvalue weighted by Gasteiger charge is 2.14. The molecular weight excluding hydrogens is 272 g/mol. The van der Waals surface area contributed by atoms with Gasteiger partial charge >= 0.3 is 0 Å². The molecule has 1 unspecified atom stereocenters. The van der Waals surface area contributed by atoms with Crippen molar-refractivity contribution in [3.05, 3.63) is 28.5 Å². The zero-order valence-corrected chi connectivity index (χ0v) is 11.0. The van der Waals surface area contributed by atoms with Crippen LogP contribution in [0, 0.1) is 5.92 Å². The van der Waals surface area contributed by atoms with E-state index >= 15 is 0 Å². The molecule has 1 aliphatic rings. The van der Waals surface area contributed by atoms with Gasteiger partial charge in [0.1, 0.15) is 4.60 Å². The highest BCUT2D eigenvalue weighted by atomic mass is 79.9. The lowest BCUT2D eigenvalue weighted by Gasteiger charge is -2.09. The Balaban J connectivity index is 1.73. The molecule has 1 fully saturated rings. The number of thioether (sulfide) groups is 1. The summed E-state index contributed by atoms with van der Waals surface area (Å²) in [5, 5.41) is 3.47. The number of hydrogen-bond donors (Lipinski definition) is 1. The number of nitrogens with zero attached hydrogens (tertiary/aromatic N) is 1. The van der Waals surface area contributed by atoms with Crippen LogP contribution in [-0.4, -0.2) is 23.0 Å². The number of halogens is 1. The first-order valence-corrected chi connectivity index (χ1v) is 7.19. The van der Waals surface area contributed by atoms with Crippen molar-refractivity contribution in [1.82, 2.24) is 10.3 Å². The van der Waals surface area contributed by atoms with E-state index in [0.717, 1.165) is 29.3 Å². The first kappa shape index (κ1) is 11.4. The molecule has 0 spiro atoms. The van der Waals surface area contributed by atoms with E-state index in [0.29, 0.717) is 0 Å². The van der Waals surface area contributed by atoms with Crippen LogP contribution in [0.25, 0.3) is 0 Å². The lowest BCUT2D eigenvalue weighted by molar-refractivity contribution is 0.520. The molecule has 2 nitrogen and oxygen atoms in total. The fraction of sp³-hybridized carbons (Fsp3) is 0.545. The summed E-state index contributed by atoms with van der Waals surface area (Å²) in [7, 11) is 0. The monoisotopic (exact) mass is 286 g/mol. The minimum atomic E-state index is 0.863. The van der Waals surface area contributed by atoms with Crippen molar-refractivity contribution in [2.45, 2.75) is 13.0 Å². The Labute approximate surface area is 103 Å². The minimum absolute atomic E-state index is 0.863. The first-order valence-electron chi connectivity index (χ1n) is 5.24. The Hall–Kier alpha value is -0.0600. The predicted octanol–water partition coefficient (Wildman–Crippen LogP) is 2.69. The molecule has 0 amide bonds. The summed E-state index contributed by atoms with van der Waals surface area (Å²) in [6.07, 6.45) is 1.36. The van der Waals surface area contributed by atoms with Crippen molar-refractivity contribution in [2.75, 3.05) is 18.1 Å². The molecule has 0 radical (unpaired) electrons. The predicted molar refractivity (Wildman–Crippen MR) is 69.1 cm³/mol. The molecule has 1 saturated heterocycles. The van der Waals surface area contributed by atoms with Crippen molar-refractivity contribution >= 4 is 27.7 Å². The average molecular weight is 287 g/mol. The van der Waals surface area contributed by atoms with Crippen LogP contribution in [0.2, 0.25) is 0 Å². The summed E-state index contributed by atoms with van der Waals surface area (Å²) in [5.41, 5.74) is 1.11. The van der Waals surface area contributed by atoms with Gasteiger partial charge in [-0.15, -0.1) is 0 Å². The maximum absolute atomic E-state index is 4.39. The van der Waals surface area contributed by atoms with Gasteiger partial charge in [-0.25, -0.2) is 4.98 Å². The van der Waals surface area contributed by atoms with Gasteiger partial charge in [-0.3, -0.25) is 0 Å². The lowest BCUT2D eigenvalue weighted by Crippen LogP contribution is -2.22. The molecule has 1 atom stereocenters. The smallest absolute Gasteiger partial charge is 0.106 e. The Morgan fingerprint density at radius 3 is 3.20 bits per heavy atom. The molecule has 82 valence electrons. The number of pyridine rings is 1. The van der Waals surface area contributed by atoms with Crippen LogP contribution in [0.3, 0.4) is 0 Å². The van der Waals surface area contributed by atoms with Gasteiger partial charge in [0.2, 0.25) is 0 Å². The fourth-order valence-corrected chi connectivity index (χ4v) is 3.36. The molecule has 1 aromatic rings. The van der Waals surface area contributed by atoms with E-state index in [-0.39, 0.29) is 0 Å². The second kappa shape index (κ2) is 5.87. The second-order valence-corrected chi connectivity index (χ2v) is 5.77. The summed E-state index contributed by atoms with van der Waals surface area (Å²) in [4.78, 5) is 4.39. The van der Waals surface area contributed by atoms with Gasteiger partial charge in [0.05, 0.1) is 5.69 Å². The van der Waals surface area contributed by atoms with Gasteiger partial charge in [-0.1, -0.05) is 6.07 Å². The SMILES string of the molecule is Brc1cccc(CNCC2CCSC2)n1. The largest absolute Gasteiger partial charge is 0.311 e. The summed E-state index contributed by atoms with van der Waals surface area (Å²) >= 11 is 5.45. The Bertz CT molecular complexity index is 313. The van der Waals surface area contributed by atoms with Crippen molar-refractivity contribution < 1.29 is 0 Å². The summed E-state index contributed by atoms with van der Waals surface area (Å²) < 4.78 is 0.915. The first-order chi connectivity index (χ1) is 7.34. The van der Waals surface area contributed by atoms with E-state index in [1.807, 2.05) is 12.1 Å². The lowest BCUT2D eigenvalue weighted by atomic mass is 10.1. The highest BCUT2D eigenvalue weighted by molar-refractivity contribution is 9.10. The van der Waals surface area contributed by atoms with Crippen molar-refractivity contribution in [3.8, 4) is 0 Å². The molecule has 1 aliphatic heterocycles. The zero-order chi connectivity index (χ0) is 10.5. The van der Waals surface area contributed by atoms with Crippen molar-refractivity contribution in [2.24, 2.45) is 5.92 Å². The molecule has 1 N–H and O–H groups in total. The molecular formula is C11H15BrN2S. The van der Waals surface area contributed by atoms with Crippen LogP contribution in [0.5, 0.6) is 0 Å². The number of hydrogen-bond acceptors (Lipinski definition) is 3. The van der Waals surface area contributed by atoms with E-state index in [4.69, 9.17) is 0 Å². The molecule has 0 aromatic carbocycles. The van der Waals surface area contributed by atoms with Crippen LogP contribution < -0.4 is 5.32 Å². The normalized spacial score (nSPS) is 20.7. The molecule has 2 heterocycles. The Morgan fingerprint density at radius 2 is 2.47 bits per heavy atom. The third kappa shape index (κ3) is 3.78. The maximum Gasteiger partial charge on any atom is 0.106 e. The molecule has 1 aromatic heterocycles. The van der Waals surface area contributed by atoms with E-state index in [2.05, 4.69) is 44.1 Å². The molecule has 2 rings (SSSR count). The molecule has 0 saturated carbocycles. The highest BCUT2D eigenvalue weighted by Crippen LogP contribution is 2.22. The van der Waals surface area contributed by atoms with E-state index < -0.39 is 0 Å². The van der Waals surface area contributed by atoms with Gasteiger partial charge in [0, 0.05) is 6.54 Å². The Kier molecular flexibility index (Phi) is 4.47. The zero-order valence-electron chi connectivity index (χ0n) is 8.58. The topological polar surface area (TPSA) is 24.9 Å². The summed E-state index contributed by atoms with van der Waals surface area (Å²) in [6, 6.07) is 6.04. The second-order valence-electron chi connectivity index (χ2n) is 3.81. The molecule has 4 heteroatoms. The molecule has 0 bridgehead atoms. The van der Waals surface area contributed by atoms with Gasteiger partial charge in [-0.05, 0) is 58.5 Å². The van der Waals surface area contributed by atoms with Gasteiger partial charge in [0.25, 0.3) is 0 Å². The van der Waals surface area contributed by atoms with E-state index in [1.54, 1.807) is 0 Å². The Morgan fingerprint density at radius 1 is 1.53 bits per heavy atom. The third-order valence-electron chi connectivity index (χ3n) is 2.54. The van der Waals surface area contributed by atoms with Gasteiger partial charge in [-0.2, -0.15) is 11.8 Å². The van der Waals surface area contributed by atoms with Gasteiger partial charge < -0.3 is 5.32 Å². The van der Waals surface area contributed by atoms with Crippen LogP contribution >= 0.6 is 27.7 Å². The van der Waals surface area contributed by atoms with Crippen LogP contribution in [0.1, 0.15) is 12.1 Å². The van der Waals surface area contributed by atoms with E-state index in [9.17, 15) is 0 Å². The molecule has 0 aliphatic carbocycles. The van der Waals surface area contributed by atoms with Gasteiger partial charge in [0.15, 0.2) is 0 Å². The van der Waals surface area contributed by atoms with Crippen LogP contribution in [-0.2, 0) is 6.54 Å². The number of aromatic nitrogens is 1. The summed E-state index contributed by atoms with van der Waals surface area (Å²) in [5.74, 6) is 3.52. The van der Waals surface area contributed by atoms with Crippen molar-refractivity contribution in [3.63, 3.8) is 0 Å². The van der Waals surface area contributed by atoms with E-state index in [1.165, 1.54) is 17.9 Å². The van der Waals surface area contributed by atoms with Crippen LogP contribution in [0.4, 0.5) is 0 Å². The quantitative estimate of drug-likeness (QED) is 0.862. The van der Waals surface area contributed by atoms with Crippen LogP contribution in [0.15, 0.2) is 22.8 Å². The summed E-state index contributed by atoms with van der Waals surface area (Å²) in [6.45, 7) is 2.00. The van der Waals surface area contributed by atoms with Crippen molar-refractivity contribution in [1.29, 1.82) is 0 Å². The number of nitrogens with one attached hydrogen (secondary N) is 1.